The number of nitrogens with zero attached hydrogens (tertiary/aromatic N) is 2. The molecule has 0 aromatic heterocycles. The maximum Gasteiger partial charge on any atom is 0.0948 e. The lowest BCUT2D eigenvalue weighted by Crippen LogP contribution is -2.38. The summed E-state index contributed by atoms with van der Waals surface area (Å²) in [5.74, 6) is 0.544. The lowest BCUT2D eigenvalue weighted by molar-refractivity contribution is -0.0150. The van der Waals surface area contributed by atoms with E-state index in [4.69, 9.17) is 9.47 Å². The predicted molar refractivity (Wildman–Crippen MR) is 96.9 cm³/mol. The Morgan fingerprint density at radius 2 is 2.08 bits per heavy atom. The highest BCUT2D eigenvalue weighted by molar-refractivity contribution is 5.72. The third-order valence-corrected chi connectivity index (χ3v) is 4.82. The van der Waals surface area contributed by atoms with Gasteiger partial charge in [0, 0.05) is 33.3 Å². The average Bonchev–Trinajstić information content (AvgIpc) is 3.03. The summed E-state index contributed by atoms with van der Waals surface area (Å²) in [6.07, 6.45) is 1.91. The van der Waals surface area contributed by atoms with Crippen molar-refractivity contribution in [2.24, 2.45) is 5.92 Å². The van der Waals surface area contributed by atoms with Crippen LogP contribution in [0.25, 0.3) is 0 Å². The van der Waals surface area contributed by atoms with Crippen molar-refractivity contribution in [3.8, 4) is 0 Å². The van der Waals surface area contributed by atoms with Crippen LogP contribution >= 0.6 is 0 Å². The molecule has 2 aliphatic heterocycles. The number of hydrogen-bond donors (Lipinski definition) is 1. The van der Waals surface area contributed by atoms with Crippen LogP contribution in [0, 0.1) is 5.92 Å². The molecule has 1 saturated heterocycles. The summed E-state index contributed by atoms with van der Waals surface area (Å²) in [6, 6.07) is 8.44. The number of aliphatic hydroxyl groups is 1. The fraction of sp³-hybridized carbons (Fsp3) is 0.684. The fourth-order valence-electron chi connectivity index (χ4n) is 3.74. The van der Waals surface area contributed by atoms with Gasteiger partial charge in [-0.1, -0.05) is 19.1 Å². The molecule has 1 aromatic rings. The van der Waals surface area contributed by atoms with Gasteiger partial charge in [-0.15, -0.1) is 0 Å². The van der Waals surface area contributed by atoms with Crippen molar-refractivity contribution in [3.05, 3.63) is 24.3 Å². The standard InChI is InChI=1S/C19H30N2O3/c1-15-10-20(2)18-7-3-4-8-19(18)21(11-15)12-16(22)13-23-14-17-6-5-9-24-17/h3-4,7-8,15-17,22H,5-6,9-14H2,1-2H3/t15-,16+,17-/m1/s1. The Bertz CT molecular complexity index is 519. The number of ether oxygens (including phenoxy) is 2. The molecule has 3 rings (SSSR count). The van der Waals surface area contributed by atoms with E-state index < -0.39 is 6.10 Å². The van der Waals surface area contributed by atoms with Crippen LogP contribution < -0.4 is 9.80 Å². The van der Waals surface area contributed by atoms with Gasteiger partial charge in [0.15, 0.2) is 0 Å². The molecule has 0 spiro atoms. The molecule has 0 aliphatic carbocycles. The Hall–Kier alpha value is -1.30. The summed E-state index contributed by atoms with van der Waals surface area (Å²) in [6.45, 7) is 6.63. The van der Waals surface area contributed by atoms with E-state index in [1.807, 2.05) is 0 Å². The van der Waals surface area contributed by atoms with Gasteiger partial charge in [0.1, 0.15) is 0 Å². The second kappa shape index (κ2) is 8.19. The summed E-state index contributed by atoms with van der Waals surface area (Å²) in [5.41, 5.74) is 2.43. The molecule has 1 fully saturated rings. The van der Waals surface area contributed by atoms with Crippen LogP contribution in [0.3, 0.4) is 0 Å². The zero-order chi connectivity index (χ0) is 16.9. The average molecular weight is 334 g/mol. The molecular formula is C19H30N2O3. The first-order chi connectivity index (χ1) is 11.6. The molecule has 1 aromatic carbocycles. The van der Waals surface area contributed by atoms with Crippen molar-refractivity contribution in [2.45, 2.75) is 32.0 Å². The zero-order valence-electron chi connectivity index (χ0n) is 14.9. The molecular weight excluding hydrogens is 304 g/mol. The Labute approximate surface area is 145 Å². The highest BCUT2D eigenvalue weighted by Crippen LogP contribution is 2.32. The van der Waals surface area contributed by atoms with Crippen molar-refractivity contribution in [1.29, 1.82) is 0 Å². The maximum atomic E-state index is 10.4. The lowest BCUT2D eigenvalue weighted by Gasteiger charge is -2.28. The maximum absolute atomic E-state index is 10.4. The molecule has 2 heterocycles. The Morgan fingerprint density at radius 3 is 2.83 bits per heavy atom. The number of hydrogen-bond acceptors (Lipinski definition) is 5. The lowest BCUT2D eigenvalue weighted by atomic mass is 10.1. The number of anilines is 2. The van der Waals surface area contributed by atoms with Gasteiger partial charge < -0.3 is 24.4 Å². The number of aliphatic hydroxyl groups excluding tert-OH is 1. The first kappa shape index (κ1) is 17.5. The van der Waals surface area contributed by atoms with Crippen LogP contribution in [0.5, 0.6) is 0 Å². The third kappa shape index (κ3) is 4.41. The van der Waals surface area contributed by atoms with Crippen LogP contribution in [0.1, 0.15) is 19.8 Å². The van der Waals surface area contributed by atoms with E-state index in [2.05, 4.69) is 48.0 Å². The van der Waals surface area contributed by atoms with Crippen molar-refractivity contribution in [3.63, 3.8) is 0 Å². The fourth-order valence-corrected chi connectivity index (χ4v) is 3.74. The van der Waals surface area contributed by atoms with E-state index in [9.17, 15) is 5.11 Å². The smallest absolute Gasteiger partial charge is 0.0948 e. The predicted octanol–water partition coefficient (Wildman–Crippen LogP) is 2.14. The van der Waals surface area contributed by atoms with Crippen LogP contribution in [-0.4, -0.2) is 63.8 Å². The van der Waals surface area contributed by atoms with Gasteiger partial charge in [-0.25, -0.2) is 0 Å². The molecule has 0 radical (unpaired) electrons. The van der Waals surface area contributed by atoms with E-state index in [0.29, 0.717) is 25.7 Å². The topological polar surface area (TPSA) is 45.2 Å². The first-order valence-corrected chi connectivity index (χ1v) is 9.06. The van der Waals surface area contributed by atoms with E-state index in [1.165, 1.54) is 11.4 Å². The minimum absolute atomic E-state index is 0.213. The molecule has 5 heteroatoms. The van der Waals surface area contributed by atoms with Gasteiger partial charge in [-0.3, -0.25) is 0 Å². The number of para-hydroxylation sites is 2. The Kier molecular flexibility index (Phi) is 5.98. The van der Waals surface area contributed by atoms with Crippen LogP contribution in [0.15, 0.2) is 24.3 Å². The largest absolute Gasteiger partial charge is 0.389 e. The van der Waals surface area contributed by atoms with Crippen LogP contribution in [0.4, 0.5) is 11.4 Å². The molecule has 0 saturated carbocycles. The molecule has 24 heavy (non-hydrogen) atoms. The van der Waals surface area contributed by atoms with Crippen LogP contribution in [0.2, 0.25) is 0 Å². The summed E-state index contributed by atoms with van der Waals surface area (Å²) in [7, 11) is 2.14. The molecule has 0 bridgehead atoms. The van der Waals surface area contributed by atoms with Gasteiger partial charge in [-0.05, 0) is 30.9 Å². The molecule has 2 aliphatic rings. The minimum Gasteiger partial charge on any atom is -0.389 e. The second-order valence-corrected chi connectivity index (χ2v) is 7.21. The SMILES string of the molecule is C[C@@H]1CN(C)c2ccccc2N(C[C@H](O)COC[C@H]2CCCO2)C1. The minimum atomic E-state index is -0.491. The van der Waals surface area contributed by atoms with Gasteiger partial charge in [-0.2, -0.15) is 0 Å². The van der Waals surface area contributed by atoms with Crippen molar-refractivity contribution >= 4 is 11.4 Å². The number of rotatable bonds is 6. The van der Waals surface area contributed by atoms with Gasteiger partial charge >= 0.3 is 0 Å². The summed E-state index contributed by atoms with van der Waals surface area (Å²) >= 11 is 0. The molecule has 1 N–H and O–H groups in total. The summed E-state index contributed by atoms with van der Waals surface area (Å²) < 4.78 is 11.2. The van der Waals surface area contributed by atoms with Crippen LogP contribution in [-0.2, 0) is 9.47 Å². The van der Waals surface area contributed by atoms with Crippen molar-refractivity contribution in [2.75, 3.05) is 56.3 Å². The Balaban J connectivity index is 1.57. The zero-order valence-corrected chi connectivity index (χ0v) is 14.9. The first-order valence-electron chi connectivity index (χ1n) is 9.06. The highest BCUT2D eigenvalue weighted by Gasteiger charge is 2.24. The molecule has 5 nitrogen and oxygen atoms in total. The van der Waals surface area contributed by atoms with Gasteiger partial charge in [0.05, 0.1) is 36.8 Å². The van der Waals surface area contributed by atoms with Gasteiger partial charge in [0.25, 0.3) is 0 Å². The number of β-amino-alcohol motifs (C(OH)–C–C–N with tert-alkyl or cyclic N) is 1. The van der Waals surface area contributed by atoms with Crippen molar-refractivity contribution < 1.29 is 14.6 Å². The second-order valence-electron chi connectivity index (χ2n) is 7.21. The molecule has 0 amide bonds. The normalized spacial score (nSPS) is 25.5. The van der Waals surface area contributed by atoms with Gasteiger partial charge in [0.2, 0.25) is 0 Å². The number of benzene rings is 1. The quantitative estimate of drug-likeness (QED) is 0.863. The molecule has 3 atom stereocenters. The third-order valence-electron chi connectivity index (χ3n) is 4.82. The number of fused-ring (bicyclic) bond motifs is 1. The molecule has 134 valence electrons. The summed E-state index contributed by atoms with van der Waals surface area (Å²) in [4.78, 5) is 4.60. The van der Waals surface area contributed by atoms with E-state index in [-0.39, 0.29) is 6.10 Å². The van der Waals surface area contributed by atoms with E-state index in [0.717, 1.165) is 32.5 Å². The summed E-state index contributed by atoms with van der Waals surface area (Å²) in [5, 5.41) is 10.4. The van der Waals surface area contributed by atoms with Crippen molar-refractivity contribution in [1.82, 2.24) is 0 Å². The highest BCUT2D eigenvalue weighted by atomic mass is 16.5. The molecule has 0 unspecified atom stereocenters. The monoisotopic (exact) mass is 334 g/mol. The van der Waals surface area contributed by atoms with E-state index in [1.54, 1.807) is 0 Å². The Morgan fingerprint density at radius 1 is 1.29 bits per heavy atom. The van der Waals surface area contributed by atoms with E-state index >= 15 is 0 Å².